The maximum atomic E-state index is 12.4. The van der Waals surface area contributed by atoms with Crippen molar-refractivity contribution in [1.29, 1.82) is 0 Å². The molecular formula is C21H24N4O4S. The third kappa shape index (κ3) is 5.74. The molecule has 0 aliphatic rings. The number of amides is 1. The molecule has 0 saturated heterocycles. The van der Waals surface area contributed by atoms with Gasteiger partial charge in [0.15, 0.2) is 0 Å². The van der Waals surface area contributed by atoms with Crippen LogP contribution in [0.5, 0.6) is 0 Å². The molecular weight excluding hydrogens is 404 g/mol. The van der Waals surface area contributed by atoms with E-state index >= 15 is 0 Å². The molecule has 9 heteroatoms. The first-order valence-electron chi connectivity index (χ1n) is 9.56. The van der Waals surface area contributed by atoms with Crippen LogP contribution in [0.1, 0.15) is 23.4 Å². The maximum absolute atomic E-state index is 12.4. The van der Waals surface area contributed by atoms with Crippen LogP contribution in [0, 0.1) is 13.8 Å². The molecule has 0 bridgehead atoms. The quantitative estimate of drug-likeness (QED) is 0.506. The van der Waals surface area contributed by atoms with Crippen LogP contribution in [-0.2, 0) is 21.2 Å². The van der Waals surface area contributed by atoms with Gasteiger partial charge in [0.2, 0.25) is 27.7 Å². The Balaban J connectivity index is 1.42. The molecule has 0 aliphatic carbocycles. The lowest BCUT2D eigenvalue weighted by Gasteiger charge is -2.10. The highest BCUT2D eigenvalue weighted by Gasteiger charge is 2.16. The van der Waals surface area contributed by atoms with Gasteiger partial charge in [-0.15, -0.1) is 10.2 Å². The molecule has 158 valence electrons. The van der Waals surface area contributed by atoms with E-state index in [2.05, 4.69) is 20.2 Å². The monoisotopic (exact) mass is 428 g/mol. The highest BCUT2D eigenvalue weighted by atomic mass is 32.2. The first-order valence-corrected chi connectivity index (χ1v) is 11.0. The van der Waals surface area contributed by atoms with Gasteiger partial charge in [-0.25, -0.2) is 13.1 Å². The zero-order valence-corrected chi connectivity index (χ0v) is 17.7. The van der Waals surface area contributed by atoms with E-state index in [0.717, 1.165) is 11.1 Å². The average Bonchev–Trinajstić information content (AvgIpc) is 3.21. The zero-order chi connectivity index (χ0) is 21.6. The van der Waals surface area contributed by atoms with Gasteiger partial charge in [0, 0.05) is 31.5 Å². The van der Waals surface area contributed by atoms with Gasteiger partial charge in [0.25, 0.3) is 0 Å². The summed E-state index contributed by atoms with van der Waals surface area (Å²) in [4.78, 5) is 12.3. The normalized spacial score (nSPS) is 11.4. The van der Waals surface area contributed by atoms with Crippen LogP contribution in [0.4, 0.5) is 0 Å². The second-order valence-corrected chi connectivity index (χ2v) is 8.62. The van der Waals surface area contributed by atoms with Crippen LogP contribution >= 0.6 is 0 Å². The van der Waals surface area contributed by atoms with Crippen LogP contribution in [0.3, 0.4) is 0 Å². The van der Waals surface area contributed by atoms with Crippen molar-refractivity contribution in [3.8, 4) is 11.5 Å². The molecule has 0 atom stereocenters. The van der Waals surface area contributed by atoms with Crippen molar-refractivity contribution in [2.75, 3.05) is 13.1 Å². The molecule has 0 unspecified atom stereocenters. The molecule has 1 amide bonds. The summed E-state index contributed by atoms with van der Waals surface area (Å²) in [5.41, 5.74) is 2.36. The van der Waals surface area contributed by atoms with Crippen molar-refractivity contribution < 1.29 is 17.6 Å². The zero-order valence-electron chi connectivity index (χ0n) is 16.9. The smallest absolute Gasteiger partial charge is 0.247 e. The third-order valence-electron chi connectivity index (χ3n) is 4.43. The first kappa shape index (κ1) is 21.7. The molecule has 2 aromatic carbocycles. The van der Waals surface area contributed by atoms with Gasteiger partial charge in [-0.2, -0.15) is 0 Å². The molecule has 2 N–H and O–H groups in total. The van der Waals surface area contributed by atoms with Crippen molar-refractivity contribution in [2.45, 2.75) is 31.6 Å². The molecule has 1 heterocycles. The molecule has 0 fully saturated rings. The Labute approximate surface area is 175 Å². The number of nitrogens with zero attached hydrogens (tertiary/aromatic N) is 2. The molecule has 3 rings (SSSR count). The van der Waals surface area contributed by atoms with Crippen molar-refractivity contribution in [2.24, 2.45) is 0 Å². The lowest BCUT2D eigenvalue weighted by atomic mass is 10.2. The van der Waals surface area contributed by atoms with Crippen LogP contribution in [0.15, 0.2) is 57.8 Å². The largest absolute Gasteiger partial charge is 0.421 e. The highest BCUT2D eigenvalue weighted by molar-refractivity contribution is 7.89. The summed E-state index contributed by atoms with van der Waals surface area (Å²) in [5.74, 6) is 0.562. The van der Waals surface area contributed by atoms with Gasteiger partial charge in [0.1, 0.15) is 0 Å². The predicted octanol–water partition coefficient (Wildman–Crippen LogP) is 2.38. The van der Waals surface area contributed by atoms with E-state index in [1.54, 1.807) is 19.1 Å². The van der Waals surface area contributed by atoms with Gasteiger partial charge in [-0.05, 0) is 43.2 Å². The van der Waals surface area contributed by atoms with Gasteiger partial charge in [0.05, 0.1) is 4.90 Å². The maximum Gasteiger partial charge on any atom is 0.247 e. The number of hydrogen-bond acceptors (Lipinski definition) is 6. The van der Waals surface area contributed by atoms with Crippen molar-refractivity contribution in [3.05, 3.63) is 65.5 Å². The molecule has 0 spiro atoms. The predicted molar refractivity (Wildman–Crippen MR) is 112 cm³/mol. The number of rotatable bonds is 9. The summed E-state index contributed by atoms with van der Waals surface area (Å²) in [6, 6.07) is 14.6. The van der Waals surface area contributed by atoms with Crippen LogP contribution < -0.4 is 10.0 Å². The molecule has 3 aromatic rings. The third-order valence-corrected chi connectivity index (χ3v) is 6.03. The number of benzene rings is 2. The second kappa shape index (κ2) is 9.64. The molecule has 0 saturated carbocycles. The Morgan fingerprint density at radius 3 is 2.57 bits per heavy atom. The van der Waals surface area contributed by atoms with Gasteiger partial charge in [-0.1, -0.05) is 30.3 Å². The molecule has 0 radical (unpaired) electrons. The summed E-state index contributed by atoms with van der Waals surface area (Å²) in [6.07, 6.45) is 0.472. The number of carbonyl (C=O) groups is 1. The van der Waals surface area contributed by atoms with E-state index in [-0.39, 0.29) is 30.3 Å². The summed E-state index contributed by atoms with van der Waals surface area (Å²) in [5, 5.41) is 10.6. The lowest BCUT2D eigenvalue weighted by molar-refractivity contribution is -0.121. The lowest BCUT2D eigenvalue weighted by Crippen LogP contribution is -2.35. The Morgan fingerprint density at radius 2 is 1.80 bits per heavy atom. The topological polar surface area (TPSA) is 114 Å². The van der Waals surface area contributed by atoms with E-state index in [9.17, 15) is 13.2 Å². The van der Waals surface area contributed by atoms with Gasteiger partial charge in [-0.3, -0.25) is 4.79 Å². The highest BCUT2D eigenvalue weighted by Crippen LogP contribution is 2.18. The number of carbonyl (C=O) groups excluding carboxylic acids is 1. The van der Waals surface area contributed by atoms with Crippen molar-refractivity contribution in [1.82, 2.24) is 20.2 Å². The molecule has 1 aromatic heterocycles. The number of hydrogen-bond donors (Lipinski definition) is 2. The average molecular weight is 429 g/mol. The minimum absolute atomic E-state index is 0.0974. The van der Waals surface area contributed by atoms with Gasteiger partial charge < -0.3 is 9.73 Å². The SMILES string of the molecule is Cc1ccc(C)c(S(=O)(=O)NCCNC(=O)CCc2nnc(-c3ccccc3)o2)c1. The summed E-state index contributed by atoms with van der Waals surface area (Å²) < 4.78 is 32.9. The number of aryl methyl sites for hydroxylation is 3. The minimum atomic E-state index is -3.62. The Morgan fingerprint density at radius 1 is 1.03 bits per heavy atom. The van der Waals surface area contributed by atoms with Gasteiger partial charge >= 0.3 is 0 Å². The number of aromatic nitrogens is 2. The molecule has 8 nitrogen and oxygen atoms in total. The van der Waals surface area contributed by atoms with Crippen LogP contribution in [-0.4, -0.2) is 37.6 Å². The molecule has 30 heavy (non-hydrogen) atoms. The van der Waals surface area contributed by atoms with Crippen molar-refractivity contribution >= 4 is 15.9 Å². The standard InChI is InChI=1S/C21H24N4O4S/c1-15-8-9-16(2)18(14-15)30(27,28)23-13-12-22-19(26)10-11-20-24-25-21(29-20)17-6-4-3-5-7-17/h3-9,14,23H,10-13H2,1-2H3,(H,22,26). The summed E-state index contributed by atoms with van der Waals surface area (Å²) in [6.45, 7) is 3.86. The Hall–Kier alpha value is -3.04. The van der Waals surface area contributed by atoms with Crippen molar-refractivity contribution in [3.63, 3.8) is 0 Å². The fourth-order valence-corrected chi connectivity index (χ4v) is 4.18. The summed E-state index contributed by atoms with van der Waals surface area (Å²) >= 11 is 0. The van der Waals surface area contributed by atoms with E-state index in [0.29, 0.717) is 23.8 Å². The van der Waals surface area contributed by atoms with Crippen LogP contribution in [0.25, 0.3) is 11.5 Å². The van der Waals surface area contributed by atoms with E-state index < -0.39 is 10.0 Å². The second-order valence-electron chi connectivity index (χ2n) is 6.88. The van der Waals surface area contributed by atoms with E-state index in [1.807, 2.05) is 43.3 Å². The van der Waals surface area contributed by atoms with E-state index in [4.69, 9.17) is 4.42 Å². The Kier molecular flexibility index (Phi) is 6.96. The summed E-state index contributed by atoms with van der Waals surface area (Å²) in [7, 11) is -3.62. The number of sulfonamides is 1. The first-order chi connectivity index (χ1) is 14.3. The fraction of sp³-hybridized carbons (Fsp3) is 0.286. The molecule has 0 aliphatic heterocycles. The van der Waals surface area contributed by atoms with E-state index in [1.165, 1.54) is 0 Å². The minimum Gasteiger partial charge on any atom is -0.421 e. The fourth-order valence-electron chi connectivity index (χ4n) is 2.82. The Bertz CT molecular complexity index is 1110. The van der Waals surface area contributed by atoms with Crippen LogP contribution in [0.2, 0.25) is 0 Å². The number of nitrogens with one attached hydrogen (secondary N) is 2.